The quantitative estimate of drug-likeness (QED) is 0.776. The monoisotopic (exact) mass is 196 g/mol. The van der Waals surface area contributed by atoms with Gasteiger partial charge in [0.15, 0.2) is 0 Å². The second-order valence-corrected chi connectivity index (χ2v) is 3.03. The molecule has 0 amide bonds. The van der Waals surface area contributed by atoms with Gasteiger partial charge in [0.1, 0.15) is 0 Å². The molecule has 0 aliphatic rings. The van der Waals surface area contributed by atoms with Crippen LogP contribution in [-0.2, 0) is 0 Å². The summed E-state index contributed by atoms with van der Waals surface area (Å²) in [4.78, 5) is 0. The summed E-state index contributed by atoms with van der Waals surface area (Å²) in [5.41, 5.74) is 1.34. The van der Waals surface area contributed by atoms with E-state index in [9.17, 15) is 0 Å². The fraction of sp³-hybridized carbons (Fsp3) is 0.538. The van der Waals surface area contributed by atoms with Gasteiger partial charge in [-0.15, -0.1) is 0 Å². The lowest BCUT2D eigenvalue weighted by atomic mass is 9.94. The molecule has 1 rings (SSSR count). The van der Waals surface area contributed by atoms with E-state index in [2.05, 4.69) is 31.2 Å². The molecular weight excluding hydrogens is 172 g/mol. The largest absolute Gasteiger partial charge is 0.396 e. The van der Waals surface area contributed by atoms with Crippen LogP contribution in [0.5, 0.6) is 0 Å². The summed E-state index contributed by atoms with van der Waals surface area (Å²) in [6, 6.07) is 10.4. The highest BCUT2D eigenvalue weighted by Crippen LogP contribution is 2.21. The van der Waals surface area contributed by atoms with E-state index in [1.807, 2.05) is 6.07 Å². The van der Waals surface area contributed by atoms with Gasteiger partial charge in [-0.25, -0.2) is 0 Å². The highest BCUT2D eigenvalue weighted by atomic mass is 16.3. The minimum absolute atomic E-state index is 0. The first-order valence-electron chi connectivity index (χ1n) is 4.54. The minimum atomic E-state index is 0. The van der Waals surface area contributed by atoms with E-state index in [0.717, 1.165) is 12.8 Å². The van der Waals surface area contributed by atoms with Crippen molar-refractivity contribution in [3.05, 3.63) is 35.9 Å². The molecule has 0 fully saturated rings. The molecule has 1 atom stereocenters. The van der Waals surface area contributed by atoms with Crippen molar-refractivity contribution in [1.29, 1.82) is 0 Å². The number of hydrogen-bond donors (Lipinski definition) is 1. The molecule has 0 saturated carbocycles. The summed E-state index contributed by atoms with van der Waals surface area (Å²) in [5.74, 6) is 0.524. The van der Waals surface area contributed by atoms with Crippen LogP contribution in [0.4, 0.5) is 0 Å². The van der Waals surface area contributed by atoms with Crippen molar-refractivity contribution in [2.45, 2.75) is 40.5 Å². The van der Waals surface area contributed by atoms with E-state index < -0.39 is 0 Å². The number of benzene rings is 1. The van der Waals surface area contributed by atoms with Gasteiger partial charge in [-0.3, -0.25) is 0 Å². The van der Waals surface area contributed by atoms with Gasteiger partial charge < -0.3 is 5.11 Å². The molecule has 0 aromatic heterocycles. The molecular formula is C13H24O. The van der Waals surface area contributed by atoms with Crippen LogP contribution in [-0.4, -0.2) is 11.7 Å². The highest BCUT2D eigenvalue weighted by Gasteiger charge is 2.06. The predicted molar refractivity (Wildman–Crippen MR) is 64.6 cm³/mol. The van der Waals surface area contributed by atoms with Crippen LogP contribution < -0.4 is 0 Å². The fourth-order valence-electron chi connectivity index (χ4n) is 1.49. The fourth-order valence-corrected chi connectivity index (χ4v) is 1.49. The third-order valence-corrected chi connectivity index (χ3v) is 2.24. The zero-order valence-corrected chi connectivity index (χ0v) is 7.53. The Kier molecular flexibility index (Phi) is 9.79. The second-order valence-electron chi connectivity index (χ2n) is 3.03. The van der Waals surface area contributed by atoms with Gasteiger partial charge in [-0.1, -0.05) is 52.1 Å². The second kappa shape index (κ2) is 8.76. The van der Waals surface area contributed by atoms with Crippen molar-refractivity contribution in [2.24, 2.45) is 0 Å². The molecule has 0 heterocycles. The number of rotatable bonds is 4. The Morgan fingerprint density at radius 2 is 1.71 bits per heavy atom. The molecule has 1 nitrogen and oxygen atoms in total. The maximum Gasteiger partial charge on any atom is 0.0436 e. The zero-order chi connectivity index (χ0) is 8.81. The number of hydrogen-bond acceptors (Lipinski definition) is 1. The summed E-state index contributed by atoms with van der Waals surface area (Å²) >= 11 is 0. The Morgan fingerprint density at radius 3 is 2.14 bits per heavy atom. The zero-order valence-electron chi connectivity index (χ0n) is 7.53. The Hall–Kier alpha value is -0.820. The maximum atomic E-state index is 8.83. The van der Waals surface area contributed by atoms with E-state index in [0.29, 0.717) is 5.92 Å². The van der Waals surface area contributed by atoms with Crippen molar-refractivity contribution in [1.82, 2.24) is 0 Å². The van der Waals surface area contributed by atoms with Crippen LogP contribution in [0.25, 0.3) is 0 Å². The molecule has 14 heavy (non-hydrogen) atoms. The van der Waals surface area contributed by atoms with Gasteiger partial charge in [0.05, 0.1) is 0 Å². The van der Waals surface area contributed by atoms with Crippen LogP contribution in [0.2, 0.25) is 0 Å². The Balaban J connectivity index is 0. The Bertz CT molecular complexity index is 206. The molecule has 0 bridgehead atoms. The van der Waals surface area contributed by atoms with E-state index in [1.165, 1.54) is 5.56 Å². The molecule has 1 aromatic rings. The molecule has 82 valence electrons. The number of aliphatic hydroxyl groups is 1. The summed E-state index contributed by atoms with van der Waals surface area (Å²) in [7, 11) is 0. The van der Waals surface area contributed by atoms with Gasteiger partial charge in [0.2, 0.25) is 0 Å². The van der Waals surface area contributed by atoms with Gasteiger partial charge >= 0.3 is 0 Å². The van der Waals surface area contributed by atoms with Crippen LogP contribution in [0, 0.1) is 0 Å². The Morgan fingerprint density at radius 1 is 1.14 bits per heavy atom. The number of aliphatic hydroxyl groups excluding tert-OH is 1. The molecule has 1 aromatic carbocycles. The molecule has 1 unspecified atom stereocenters. The average molecular weight is 196 g/mol. The van der Waals surface area contributed by atoms with Crippen LogP contribution in [0.1, 0.15) is 46.1 Å². The Labute approximate surface area is 88.8 Å². The standard InChI is InChI=1S/C11H16O.2CH4/c1-2-10(8-9-12)11-6-4-3-5-7-11;;/h3-7,10,12H,2,8-9H2,1H3;2*1H4. The SMILES string of the molecule is C.C.CCC(CCO)c1ccccc1. The molecule has 0 saturated heterocycles. The molecule has 0 aliphatic heterocycles. The third-order valence-electron chi connectivity index (χ3n) is 2.24. The smallest absolute Gasteiger partial charge is 0.0436 e. The average Bonchev–Trinajstić information content (AvgIpc) is 2.15. The van der Waals surface area contributed by atoms with Crippen molar-refractivity contribution in [3.8, 4) is 0 Å². The topological polar surface area (TPSA) is 20.2 Å². The van der Waals surface area contributed by atoms with Gasteiger partial charge in [-0.2, -0.15) is 0 Å². The summed E-state index contributed by atoms with van der Waals surface area (Å²) in [6.07, 6.45) is 1.98. The third kappa shape index (κ3) is 4.43. The van der Waals surface area contributed by atoms with Crippen LogP contribution in [0.15, 0.2) is 30.3 Å². The predicted octanol–water partition coefficient (Wildman–Crippen LogP) is 3.83. The highest BCUT2D eigenvalue weighted by molar-refractivity contribution is 5.19. The summed E-state index contributed by atoms with van der Waals surface area (Å²) < 4.78 is 0. The summed E-state index contributed by atoms with van der Waals surface area (Å²) in [6.45, 7) is 2.45. The first-order chi connectivity index (χ1) is 5.88. The maximum absolute atomic E-state index is 8.83. The van der Waals surface area contributed by atoms with Crippen molar-refractivity contribution in [3.63, 3.8) is 0 Å². The lowest BCUT2D eigenvalue weighted by Crippen LogP contribution is -1.99. The van der Waals surface area contributed by atoms with Gasteiger partial charge in [-0.05, 0) is 24.3 Å². The van der Waals surface area contributed by atoms with Gasteiger partial charge in [0.25, 0.3) is 0 Å². The van der Waals surface area contributed by atoms with Crippen molar-refractivity contribution >= 4 is 0 Å². The van der Waals surface area contributed by atoms with Gasteiger partial charge in [0, 0.05) is 6.61 Å². The lowest BCUT2D eigenvalue weighted by molar-refractivity contribution is 0.274. The molecule has 0 spiro atoms. The molecule has 1 heteroatoms. The molecule has 0 radical (unpaired) electrons. The first-order valence-corrected chi connectivity index (χ1v) is 4.54. The molecule has 1 N–H and O–H groups in total. The van der Waals surface area contributed by atoms with Crippen LogP contribution >= 0.6 is 0 Å². The summed E-state index contributed by atoms with van der Waals surface area (Å²) in [5, 5.41) is 8.83. The van der Waals surface area contributed by atoms with Crippen molar-refractivity contribution < 1.29 is 5.11 Å². The molecule has 0 aliphatic carbocycles. The van der Waals surface area contributed by atoms with Crippen LogP contribution in [0.3, 0.4) is 0 Å². The lowest BCUT2D eigenvalue weighted by Gasteiger charge is -2.12. The van der Waals surface area contributed by atoms with E-state index in [-0.39, 0.29) is 21.5 Å². The van der Waals surface area contributed by atoms with E-state index in [4.69, 9.17) is 5.11 Å². The van der Waals surface area contributed by atoms with Crippen molar-refractivity contribution in [2.75, 3.05) is 6.61 Å². The normalized spacial score (nSPS) is 11.0. The minimum Gasteiger partial charge on any atom is -0.396 e. The van der Waals surface area contributed by atoms with E-state index in [1.54, 1.807) is 0 Å². The first kappa shape index (κ1) is 15.6. The van der Waals surface area contributed by atoms with E-state index >= 15 is 0 Å².